The fourth-order valence-corrected chi connectivity index (χ4v) is 4.52. The lowest BCUT2D eigenvalue weighted by Gasteiger charge is -2.06. The molecule has 0 radical (unpaired) electrons. The van der Waals surface area contributed by atoms with Crippen LogP contribution < -0.4 is 9.54 Å². The minimum Gasteiger partial charge on any atom is -0.494 e. The van der Waals surface area contributed by atoms with Crippen LogP contribution in [-0.4, -0.2) is 34.0 Å². The average Bonchev–Trinajstić information content (AvgIpc) is 3.11. The Hall–Kier alpha value is -2.65. The van der Waals surface area contributed by atoms with Gasteiger partial charge in [-0.05, 0) is 36.9 Å². The number of nitrogens with zero attached hydrogens (tertiary/aromatic N) is 3. The number of rotatable bonds is 10. The number of nitro groups is 1. The lowest BCUT2D eigenvalue weighted by Crippen LogP contribution is -2.18. The van der Waals surface area contributed by atoms with Gasteiger partial charge in [0, 0.05) is 30.0 Å². The summed E-state index contributed by atoms with van der Waals surface area (Å²) in [5.74, 6) is 1.13. The van der Waals surface area contributed by atoms with E-state index in [1.165, 1.54) is 23.5 Å². The summed E-state index contributed by atoms with van der Waals surface area (Å²) in [4.78, 5) is 28.5. The van der Waals surface area contributed by atoms with E-state index < -0.39 is 4.92 Å². The van der Waals surface area contributed by atoms with Crippen molar-refractivity contribution >= 4 is 44.9 Å². The van der Waals surface area contributed by atoms with Crippen LogP contribution in [0.3, 0.4) is 0 Å². The van der Waals surface area contributed by atoms with Gasteiger partial charge in [-0.15, -0.1) is 0 Å². The van der Waals surface area contributed by atoms with Crippen molar-refractivity contribution < 1.29 is 14.5 Å². The van der Waals surface area contributed by atoms with Crippen molar-refractivity contribution in [2.45, 2.75) is 32.7 Å². The minimum absolute atomic E-state index is 0.0246. The number of thiazole rings is 1. The molecule has 1 aromatic heterocycles. The fourth-order valence-electron chi connectivity index (χ4n) is 3.07. The summed E-state index contributed by atoms with van der Waals surface area (Å²) in [5, 5.41) is 11.1. The minimum atomic E-state index is -0.417. The van der Waals surface area contributed by atoms with Gasteiger partial charge in [0.15, 0.2) is 4.80 Å². The van der Waals surface area contributed by atoms with Crippen molar-refractivity contribution in [2.75, 3.05) is 18.6 Å². The van der Waals surface area contributed by atoms with Gasteiger partial charge in [0.05, 0.1) is 21.7 Å². The Morgan fingerprint density at radius 2 is 2.10 bits per heavy atom. The zero-order chi connectivity index (χ0) is 22.2. The standard InChI is InChI=1S/C22H25N3O4S2/c1-3-4-5-12-29-18-8-6-7-16(14-18)21(26)23-22-24(11-13-30-2)19-10-9-17(25(27)28)15-20(19)31-22/h6-10,14-15H,3-5,11-13H2,1-2H3. The van der Waals surface area contributed by atoms with E-state index >= 15 is 0 Å². The molecule has 0 aliphatic rings. The molecule has 3 rings (SSSR count). The molecule has 3 aromatic rings. The summed E-state index contributed by atoms with van der Waals surface area (Å²) in [6, 6.07) is 11.8. The van der Waals surface area contributed by atoms with Gasteiger partial charge >= 0.3 is 0 Å². The summed E-state index contributed by atoms with van der Waals surface area (Å²) in [7, 11) is 0. The second kappa shape index (κ2) is 11.1. The van der Waals surface area contributed by atoms with Gasteiger partial charge in [-0.3, -0.25) is 14.9 Å². The molecule has 0 bridgehead atoms. The number of hydrogen-bond donors (Lipinski definition) is 0. The van der Waals surface area contributed by atoms with Crippen LogP contribution >= 0.6 is 23.1 Å². The summed E-state index contributed by atoms with van der Waals surface area (Å²) in [5.41, 5.74) is 1.31. The van der Waals surface area contributed by atoms with E-state index in [9.17, 15) is 14.9 Å². The van der Waals surface area contributed by atoms with Gasteiger partial charge in [0.25, 0.3) is 11.6 Å². The van der Waals surface area contributed by atoms with Crippen molar-refractivity contribution in [1.82, 2.24) is 4.57 Å². The second-order valence-electron chi connectivity index (χ2n) is 6.94. The maximum absolute atomic E-state index is 12.9. The Bertz CT molecular complexity index is 1140. The molecule has 0 atom stereocenters. The first kappa shape index (κ1) is 23.0. The van der Waals surface area contributed by atoms with Crippen LogP contribution in [0, 0.1) is 10.1 Å². The van der Waals surface area contributed by atoms with E-state index in [0.717, 1.165) is 35.2 Å². The van der Waals surface area contributed by atoms with Gasteiger partial charge in [-0.25, -0.2) is 0 Å². The lowest BCUT2D eigenvalue weighted by atomic mass is 10.2. The molecule has 0 aliphatic heterocycles. The molecule has 31 heavy (non-hydrogen) atoms. The van der Waals surface area contributed by atoms with Crippen LogP contribution in [0.1, 0.15) is 36.5 Å². The zero-order valence-corrected chi connectivity index (χ0v) is 19.2. The molecular formula is C22H25N3O4S2. The number of thioether (sulfide) groups is 1. The Balaban J connectivity index is 1.93. The normalized spacial score (nSPS) is 11.7. The number of amides is 1. The third kappa shape index (κ3) is 5.95. The number of aryl methyl sites for hydroxylation is 1. The van der Waals surface area contributed by atoms with Crippen LogP contribution in [-0.2, 0) is 6.54 Å². The number of non-ortho nitro benzene ring substituents is 1. The van der Waals surface area contributed by atoms with E-state index in [1.54, 1.807) is 36.0 Å². The number of aromatic nitrogens is 1. The van der Waals surface area contributed by atoms with Crippen molar-refractivity contribution in [2.24, 2.45) is 4.99 Å². The SMILES string of the molecule is CCCCCOc1cccc(C(=O)N=c2sc3cc([N+](=O)[O-])ccc3n2CCSC)c1. The van der Waals surface area contributed by atoms with E-state index in [1.807, 2.05) is 16.9 Å². The molecule has 0 N–H and O–H groups in total. The molecule has 7 nitrogen and oxygen atoms in total. The molecule has 0 saturated carbocycles. The van der Waals surface area contributed by atoms with Crippen LogP contribution in [0.2, 0.25) is 0 Å². The number of hydrogen-bond acceptors (Lipinski definition) is 6. The number of carbonyl (C=O) groups excluding carboxylic acids is 1. The van der Waals surface area contributed by atoms with Gasteiger partial charge in [-0.1, -0.05) is 37.2 Å². The highest BCUT2D eigenvalue weighted by molar-refractivity contribution is 7.98. The molecule has 0 spiro atoms. The summed E-state index contributed by atoms with van der Waals surface area (Å²) >= 11 is 2.97. The number of fused-ring (bicyclic) bond motifs is 1. The Morgan fingerprint density at radius 1 is 1.26 bits per heavy atom. The predicted octanol–water partition coefficient (Wildman–Crippen LogP) is 5.28. The van der Waals surface area contributed by atoms with E-state index in [-0.39, 0.29) is 11.6 Å². The molecular weight excluding hydrogens is 434 g/mol. The number of ether oxygens (including phenoxy) is 1. The van der Waals surface area contributed by atoms with E-state index in [2.05, 4.69) is 11.9 Å². The number of nitro benzene ring substituents is 1. The topological polar surface area (TPSA) is 86.7 Å². The predicted molar refractivity (Wildman–Crippen MR) is 126 cm³/mol. The van der Waals surface area contributed by atoms with E-state index in [0.29, 0.717) is 29.3 Å². The molecule has 2 aromatic carbocycles. The number of carbonyl (C=O) groups is 1. The van der Waals surface area contributed by atoms with Crippen LogP contribution in [0.25, 0.3) is 10.2 Å². The van der Waals surface area contributed by atoms with Crippen LogP contribution in [0.4, 0.5) is 5.69 Å². The first-order valence-corrected chi connectivity index (χ1v) is 12.3. The fraction of sp³-hybridized carbons (Fsp3) is 0.364. The third-order valence-electron chi connectivity index (χ3n) is 4.69. The van der Waals surface area contributed by atoms with Crippen molar-refractivity contribution in [3.8, 4) is 5.75 Å². The quantitative estimate of drug-likeness (QED) is 0.234. The molecule has 164 valence electrons. The molecule has 0 unspecified atom stereocenters. The van der Waals surface area contributed by atoms with E-state index in [4.69, 9.17) is 4.74 Å². The first-order valence-electron chi connectivity index (χ1n) is 10.1. The molecule has 1 amide bonds. The molecule has 0 fully saturated rings. The Labute approximate surface area is 188 Å². The number of benzene rings is 2. The zero-order valence-electron chi connectivity index (χ0n) is 17.6. The lowest BCUT2D eigenvalue weighted by molar-refractivity contribution is -0.384. The molecule has 0 saturated heterocycles. The van der Waals surface area contributed by atoms with Gasteiger partial charge in [0.2, 0.25) is 0 Å². The molecule has 0 aliphatic carbocycles. The highest BCUT2D eigenvalue weighted by Crippen LogP contribution is 2.24. The average molecular weight is 460 g/mol. The smallest absolute Gasteiger partial charge is 0.279 e. The first-order chi connectivity index (χ1) is 15.0. The van der Waals surface area contributed by atoms with Crippen molar-refractivity contribution in [3.05, 3.63) is 62.9 Å². The Morgan fingerprint density at radius 3 is 2.84 bits per heavy atom. The highest BCUT2D eigenvalue weighted by atomic mass is 32.2. The van der Waals surface area contributed by atoms with Crippen molar-refractivity contribution in [3.63, 3.8) is 0 Å². The Kier molecular flexibility index (Phi) is 8.25. The number of unbranched alkanes of at least 4 members (excludes halogenated alkanes) is 2. The summed E-state index contributed by atoms with van der Waals surface area (Å²) < 4.78 is 8.43. The molecule has 1 heterocycles. The van der Waals surface area contributed by atoms with Gasteiger partial charge < -0.3 is 9.30 Å². The second-order valence-corrected chi connectivity index (χ2v) is 8.93. The summed E-state index contributed by atoms with van der Waals surface area (Å²) in [6.45, 7) is 3.41. The van der Waals surface area contributed by atoms with Crippen LogP contribution in [0.15, 0.2) is 47.5 Å². The van der Waals surface area contributed by atoms with Crippen molar-refractivity contribution in [1.29, 1.82) is 0 Å². The third-order valence-corrected chi connectivity index (χ3v) is 6.32. The monoisotopic (exact) mass is 459 g/mol. The molecule has 9 heteroatoms. The van der Waals surface area contributed by atoms with Crippen LogP contribution in [0.5, 0.6) is 5.75 Å². The highest BCUT2D eigenvalue weighted by Gasteiger charge is 2.13. The maximum Gasteiger partial charge on any atom is 0.279 e. The largest absolute Gasteiger partial charge is 0.494 e. The van der Waals surface area contributed by atoms with Gasteiger partial charge in [0.1, 0.15) is 5.75 Å². The maximum atomic E-state index is 12.9. The van der Waals surface area contributed by atoms with Gasteiger partial charge in [-0.2, -0.15) is 16.8 Å². The summed E-state index contributed by atoms with van der Waals surface area (Å²) in [6.07, 6.45) is 5.21.